The number of halogens is 1. The van der Waals surface area contributed by atoms with Crippen LogP contribution in [0.25, 0.3) is 0 Å². The fourth-order valence-corrected chi connectivity index (χ4v) is 2.68. The summed E-state index contributed by atoms with van der Waals surface area (Å²) >= 11 is 0. The molecule has 1 saturated heterocycles. The van der Waals surface area contributed by atoms with E-state index in [2.05, 4.69) is 10.6 Å². The molecule has 8 heteroatoms. The van der Waals surface area contributed by atoms with E-state index in [-0.39, 0.29) is 18.3 Å². The van der Waals surface area contributed by atoms with Crippen LogP contribution in [0.2, 0.25) is 0 Å². The number of rotatable bonds is 6. The first-order chi connectivity index (χ1) is 13.2. The number of methoxy groups -OCH3 is 1. The lowest BCUT2D eigenvalue weighted by molar-refractivity contribution is -0.128. The van der Waals surface area contributed by atoms with Crippen LogP contribution < -0.4 is 15.4 Å². The van der Waals surface area contributed by atoms with Crippen LogP contribution in [0.15, 0.2) is 48.5 Å². The van der Waals surface area contributed by atoms with E-state index in [4.69, 9.17) is 14.2 Å². The fraction of sp³-hybridized carbons (Fsp3) is 0.300. The van der Waals surface area contributed by atoms with Crippen molar-refractivity contribution in [2.24, 2.45) is 0 Å². The van der Waals surface area contributed by atoms with Crippen molar-refractivity contribution in [2.45, 2.75) is 12.7 Å². The van der Waals surface area contributed by atoms with Gasteiger partial charge in [0.2, 0.25) is 0 Å². The molecule has 1 heterocycles. The van der Waals surface area contributed by atoms with Crippen LogP contribution in [0.4, 0.5) is 5.69 Å². The third-order valence-electron chi connectivity index (χ3n) is 4.12. The molecule has 3 rings (SSSR count). The number of amides is 1. The lowest BCUT2D eigenvalue weighted by Crippen LogP contribution is -2.45. The minimum Gasteiger partial charge on any atom is -0.487 e. The van der Waals surface area contributed by atoms with Gasteiger partial charge in [0.05, 0.1) is 25.0 Å². The fourth-order valence-electron chi connectivity index (χ4n) is 2.68. The van der Waals surface area contributed by atoms with Crippen LogP contribution in [0.5, 0.6) is 5.75 Å². The van der Waals surface area contributed by atoms with Crippen LogP contribution >= 0.6 is 12.4 Å². The summed E-state index contributed by atoms with van der Waals surface area (Å²) in [5.74, 6) is -0.326. The summed E-state index contributed by atoms with van der Waals surface area (Å²) in [4.78, 5) is 24.3. The number of nitrogens with one attached hydrogen (secondary N) is 2. The van der Waals surface area contributed by atoms with Gasteiger partial charge in [-0.1, -0.05) is 30.3 Å². The average Bonchev–Trinajstić information content (AvgIpc) is 2.73. The summed E-state index contributed by atoms with van der Waals surface area (Å²) < 4.78 is 16.1. The molecule has 1 fully saturated rings. The molecule has 0 aromatic heterocycles. The second-order valence-corrected chi connectivity index (χ2v) is 6.03. The molecule has 2 aromatic rings. The first-order valence-electron chi connectivity index (χ1n) is 8.69. The maximum absolute atomic E-state index is 12.5. The van der Waals surface area contributed by atoms with Gasteiger partial charge in [-0.3, -0.25) is 4.79 Å². The topological polar surface area (TPSA) is 85.9 Å². The molecule has 0 saturated carbocycles. The van der Waals surface area contributed by atoms with E-state index in [0.717, 1.165) is 5.56 Å². The highest BCUT2D eigenvalue weighted by molar-refractivity contribution is 5.98. The van der Waals surface area contributed by atoms with Gasteiger partial charge in [0, 0.05) is 13.1 Å². The molecule has 28 heavy (non-hydrogen) atoms. The Hall–Kier alpha value is -2.61. The summed E-state index contributed by atoms with van der Waals surface area (Å²) in [5.41, 5.74) is 1.71. The smallest absolute Gasteiger partial charge is 0.337 e. The van der Waals surface area contributed by atoms with Gasteiger partial charge in [-0.15, -0.1) is 12.4 Å². The van der Waals surface area contributed by atoms with Gasteiger partial charge in [0.25, 0.3) is 5.91 Å². The first-order valence-corrected chi connectivity index (χ1v) is 8.69. The summed E-state index contributed by atoms with van der Waals surface area (Å²) in [5, 5.41) is 5.91. The van der Waals surface area contributed by atoms with Crippen molar-refractivity contribution in [1.82, 2.24) is 5.32 Å². The van der Waals surface area contributed by atoms with Crippen molar-refractivity contribution in [3.8, 4) is 5.75 Å². The molecule has 0 radical (unpaired) electrons. The number of anilines is 1. The second kappa shape index (κ2) is 10.7. The molecule has 1 aliphatic heterocycles. The standard InChI is InChI=1S/C20H22N2O5.ClH/c1-25-20(24)15-7-8-17(27-13-14-5-3-2-4-6-14)16(11-15)22-19(23)18-12-21-9-10-26-18;/h2-8,11,18,21H,9-10,12-13H2,1H3,(H,22,23);1H/t18-;/m1./s1. The summed E-state index contributed by atoms with van der Waals surface area (Å²) in [6.07, 6.45) is -0.595. The van der Waals surface area contributed by atoms with E-state index in [0.29, 0.717) is 43.3 Å². The highest BCUT2D eigenvalue weighted by atomic mass is 35.5. The van der Waals surface area contributed by atoms with E-state index < -0.39 is 12.1 Å². The highest BCUT2D eigenvalue weighted by Gasteiger charge is 2.23. The number of benzene rings is 2. The van der Waals surface area contributed by atoms with Gasteiger partial charge in [-0.2, -0.15) is 0 Å². The molecule has 7 nitrogen and oxygen atoms in total. The van der Waals surface area contributed by atoms with Gasteiger partial charge >= 0.3 is 5.97 Å². The molecule has 2 aromatic carbocycles. The predicted octanol–water partition coefficient (Wildman–Crippen LogP) is 2.40. The Morgan fingerprint density at radius 2 is 2.00 bits per heavy atom. The quantitative estimate of drug-likeness (QED) is 0.716. The van der Waals surface area contributed by atoms with Crippen molar-refractivity contribution < 1.29 is 23.8 Å². The van der Waals surface area contributed by atoms with E-state index in [1.54, 1.807) is 18.2 Å². The largest absolute Gasteiger partial charge is 0.487 e. The number of hydrogen-bond donors (Lipinski definition) is 2. The lowest BCUT2D eigenvalue weighted by Gasteiger charge is -2.23. The molecule has 1 aliphatic rings. The van der Waals surface area contributed by atoms with Crippen LogP contribution in [-0.2, 0) is 20.9 Å². The molecule has 1 amide bonds. The molecule has 0 unspecified atom stereocenters. The molecule has 0 bridgehead atoms. The number of carbonyl (C=O) groups is 2. The van der Waals surface area contributed by atoms with Gasteiger partial charge in [0.15, 0.2) is 0 Å². The summed E-state index contributed by atoms with van der Waals surface area (Å²) in [6.45, 7) is 1.95. The second-order valence-electron chi connectivity index (χ2n) is 6.03. The summed E-state index contributed by atoms with van der Waals surface area (Å²) in [7, 11) is 1.31. The maximum atomic E-state index is 12.5. The maximum Gasteiger partial charge on any atom is 0.337 e. The molecular weight excluding hydrogens is 384 g/mol. The van der Waals surface area contributed by atoms with Crippen LogP contribution in [0.3, 0.4) is 0 Å². The lowest BCUT2D eigenvalue weighted by atomic mass is 10.1. The van der Waals surface area contributed by atoms with Gasteiger partial charge in [-0.05, 0) is 23.8 Å². The Balaban J connectivity index is 0.00000280. The van der Waals surface area contributed by atoms with Crippen LogP contribution in [0.1, 0.15) is 15.9 Å². The highest BCUT2D eigenvalue weighted by Crippen LogP contribution is 2.27. The van der Waals surface area contributed by atoms with E-state index >= 15 is 0 Å². The monoisotopic (exact) mass is 406 g/mol. The minimum absolute atomic E-state index is 0. The molecule has 1 atom stereocenters. The van der Waals surface area contributed by atoms with Crippen LogP contribution in [0, 0.1) is 0 Å². The molecular formula is C20H23ClN2O5. The number of ether oxygens (including phenoxy) is 3. The summed E-state index contributed by atoms with van der Waals surface area (Å²) in [6, 6.07) is 14.5. The van der Waals surface area contributed by atoms with E-state index in [1.807, 2.05) is 30.3 Å². The van der Waals surface area contributed by atoms with Gasteiger partial charge < -0.3 is 24.8 Å². The normalized spacial score (nSPS) is 15.8. The average molecular weight is 407 g/mol. The molecule has 2 N–H and O–H groups in total. The predicted molar refractivity (Wildman–Crippen MR) is 107 cm³/mol. The Labute approximate surface area is 169 Å². The molecule has 150 valence electrons. The first kappa shape index (κ1) is 21.7. The Morgan fingerprint density at radius 1 is 1.21 bits per heavy atom. The zero-order valence-electron chi connectivity index (χ0n) is 15.5. The number of morpholine rings is 1. The molecule has 0 spiro atoms. The van der Waals surface area contributed by atoms with Crippen molar-refractivity contribution in [1.29, 1.82) is 0 Å². The number of hydrogen-bond acceptors (Lipinski definition) is 6. The van der Waals surface area contributed by atoms with Gasteiger partial charge in [0.1, 0.15) is 18.5 Å². The Kier molecular flexibility index (Phi) is 8.25. The van der Waals surface area contributed by atoms with Crippen molar-refractivity contribution in [2.75, 3.05) is 32.1 Å². The van der Waals surface area contributed by atoms with Crippen molar-refractivity contribution in [3.63, 3.8) is 0 Å². The van der Waals surface area contributed by atoms with E-state index in [9.17, 15) is 9.59 Å². The third-order valence-corrected chi connectivity index (χ3v) is 4.12. The van der Waals surface area contributed by atoms with Crippen LogP contribution in [-0.4, -0.2) is 44.8 Å². The SMILES string of the molecule is COC(=O)c1ccc(OCc2ccccc2)c(NC(=O)[C@H]2CNCCO2)c1.Cl. The number of carbonyl (C=O) groups excluding carboxylic acids is 2. The Morgan fingerprint density at radius 3 is 2.68 bits per heavy atom. The van der Waals surface area contributed by atoms with E-state index in [1.165, 1.54) is 7.11 Å². The zero-order valence-corrected chi connectivity index (χ0v) is 16.3. The third kappa shape index (κ3) is 5.69. The minimum atomic E-state index is -0.595. The van der Waals surface area contributed by atoms with Crippen molar-refractivity contribution >= 4 is 30.0 Å². The Bertz CT molecular complexity index is 794. The zero-order chi connectivity index (χ0) is 19.1. The van der Waals surface area contributed by atoms with Crippen molar-refractivity contribution in [3.05, 3.63) is 59.7 Å². The van der Waals surface area contributed by atoms with Gasteiger partial charge in [-0.25, -0.2) is 4.79 Å². The molecule has 0 aliphatic carbocycles. The number of esters is 1.